The molecule has 112 valence electrons. The van der Waals surface area contributed by atoms with Crippen LogP contribution < -0.4 is 10.0 Å². The van der Waals surface area contributed by atoms with Crippen molar-refractivity contribution in [3.63, 3.8) is 0 Å². The number of sulfonamides is 1. The number of hydrogen-bond donors (Lipinski definition) is 1. The first-order valence-corrected chi connectivity index (χ1v) is 7.84. The lowest BCUT2D eigenvalue weighted by Crippen LogP contribution is -2.27. The first kappa shape index (κ1) is 15.5. The lowest BCUT2D eigenvalue weighted by molar-refractivity contribution is 0.593. The largest absolute Gasteiger partial charge is 0.326 e. The van der Waals surface area contributed by atoms with Crippen molar-refractivity contribution in [3.8, 4) is 0 Å². The Bertz CT molecular complexity index is 743. The minimum Gasteiger partial charge on any atom is -0.326 e. The van der Waals surface area contributed by atoms with Crippen molar-refractivity contribution in [3.05, 3.63) is 59.4 Å². The Morgan fingerprint density at radius 3 is 2.33 bits per heavy atom. The van der Waals surface area contributed by atoms with Crippen molar-refractivity contribution in [1.82, 2.24) is 0 Å². The Morgan fingerprint density at radius 1 is 1.14 bits per heavy atom. The first-order valence-electron chi connectivity index (χ1n) is 6.40. The van der Waals surface area contributed by atoms with Crippen LogP contribution in [0.5, 0.6) is 0 Å². The van der Waals surface area contributed by atoms with Gasteiger partial charge in [-0.1, -0.05) is 12.1 Å². The van der Waals surface area contributed by atoms with Crippen molar-refractivity contribution < 1.29 is 12.8 Å². The summed E-state index contributed by atoms with van der Waals surface area (Å²) >= 11 is 0. The summed E-state index contributed by atoms with van der Waals surface area (Å²) in [6, 6.07) is 10.4. The molecule has 0 saturated carbocycles. The van der Waals surface area contributed by atoms with E-state index in [4.69, 9.17) is 5.73 Å². The number of benzene rings is 2. The summed E-state index contributed by atoms with van der Waals surface area (Å²) in [7, 11) is -2.27. The summed E-state index contributed by atoms with van der Waals surface area (Å²) in [5.41, 5.74) is 7.35. The minimum atomic E-state index is -3.71. The van der Waals surface area contributed by atoms with Crippen molar-refractivity contribution in [2.75, 3.05) is 11.4 Å². The van der Waals surface area contributed by atoms with E-state index in [2.05, 4.69) is 0 Å². The average Bonchev–Trinajstić information content (AvgIpc) is 2.47. The molecule has 0 saturated heterocycles. The van der Waals surface area contributed by atoms with Gasteiger partial charge in [-0.05, 0) is 48.4 Å². The van der Waals surface area contributed by atoms with Gasteiger partial charge in [0.15, 0.2) is 0 Å². The number of aryl methyl sites for hydroxylation is 1. The molecule has 0 bridgehead atoms. The smallest absolute Gasteiger partial charge is 0.264 e. The second kappa shape index (κ2) is 5.83. The van der Waals surface area contributed by atoms with Crippen LogP contribution >= 0.6 is 0 Å². The standard InChI is InChI=1S/C15H17FN2O2S/c1-11-3-4-12(10-17)9-15(11)21(19,20)18(2)14-7-5-13(16)6-8-14/h3-9H,10,17H2,1-2H3. The number of rotatable bonds is 4. The molecule has 0 aromatic heterocycles. The van der Waals surface area contributed by atoms with E-state index in [-0.39, 0.29) is 11.4 Å². The third-order valence-electron chi connectivity index (χ3n) is 3.32. The maximum atomic E-state index is 13.0. The van der Waals surface area contributed by atoms with Crippen LogP contribution in [0.1, 0.15) is 11.1 Å². The number of nitrogens with zero attached hydrogens (tertiary/aromatic N) is 1. The zero-order valence-electron chi connectivity index (χ0n) is 11.9. The molecule has 2 aromatic carbocycles. The molecule has 0 aliphatic heterocycles. The summed E-state index contributed by atoms with van der Waals surface area (Å²) in [6.07, 6.45) is 0. The molecular weight excluding hydrogens is 291 g/mol. The lowest BCUT2D eigenvalue weighted by atomic mass is 10.1. The molecule has 0 heterocycles. The number of halogens is 1. The second-order valence-electron chi connectivity index (χ2n) is 4.75. The Morgan fingerprint density at radius 2 is 1.76 bits per heavy atom. The van der Waals surface area contributed by atoms with Gasteiger partial charge < -0.3 is 5.73 Å². The molecule has 0 radical (unpaired) electrons. The van der Waals surface area contributed by atoms with Crippen molar-refractivity contribution in [2.24, 2.45) is 5.73 Å². The van der Waals surface area contributed by atoms with Gasteiger partial charge in [0.05, 0.1) is 10.6 Å². The fourth-order valence-corrected chi connectivity index (χ4v) is 3.46. The van der Waals surface area contributed by atoms with Crippen molar-refractivity contribution in [2.45, 2.75) is 18.4 Å². The summed E-state index contributed by atoms with van der Waals surface area (Å²) in [6.45, 7) is 1.99. The summed E-state index contributed by atoms with van der Waals surface area (Å²) in [4.78, 5) is 0.206. The highest BCUT2D eigenvalue weighted by Crippen LogP contribution is 2.25. The van der Waals surface area contributed by atoms with E-state index in [0.29, 0.717) is 11.3 Å². The van der Waals surface area contributed by atoms with Crippen LogP contribution in [0.15, 0.2) is 47.4 Å². The Kier molecular flexibility index (Phi) is 4.29. The SMILES string of the molecule is Cc1ccc(CN)cc1S(=O)(=O)N(C)c1ccc(F)cc1. The van der Waals surface area contributed by atoms with Crippen LogP contribution in [0.4, 0.5) is 10.1 Å². The van der Waals surface area contributed by atoms with E-state index < -0.39 is 15.8 Å². The van der Waals surface area contributed by atoms with Gasteiger partial charge in [0, 0.05) is 13.6 Å². The van der Waals surface area contributed by atoms with Gasteiger partial charge in [-0.25, -0.2) is 12.8 Å². The molecule has 0 unspecified atom stereocenters. The van der Waals surface area contributed by atoms with E-state index in [1.807, 2.05) is 0 Å². The molecule has 0 atom stereocenters. The molecule has 2 N–H and O–H groups in total. The summed E-state index contributed by atoms with van der Waals surface area (Å²) in [5.74, 6) is -0.411. The third kappa shape index (κ3) is 3.06. The lowest BCUT2D eigenvalue weighted by Gasteiger charge is -2.21. The van der Waals surface area contributed by atoms with Crippen LogP contribution in [0.3, 0.4) is 0 Å². The van der Waals surface area contributed by atoms with Crippen LogP contribution in [0.2, 0.25) is 0 Å². The van der Waals surface area contributed by atoms with Crippen molar-refractivity contribution >= 4 is 15.7 Å². The van der Waals surface area contributed by atoms with Crippen LogP contribution in [0, 0.1) is 12.7 Å². The Balaban J connectivity index is 2.48. The molecular formula is C15H17FN2O2S. The quantitative estimate of drug-likeness (QED) is 0.943. The monoisotopic (exact) mass is 308 g/mol. The summed E-state index contributed by atoms with van der Waals surface area (Å²) in [5, 5.41) is 0. The highest BCUT2D eigenvalue weighted by Gasteiger charge is 2.23. The van der Waals surface area contributed by atoms with Crippen LogP contribution in [0.25, 0.3) is 0 Å². The molecule has 0 aliphatic carbocycles. The van der Waals surface area contributed by atoms with E-state index in [1.165, 1.54) is 31.3 Å². The molecule has 21 heavy (non-hydrogen) atoms. The first-order chi connectivity index (χ1) is 9.86. The van der Waals surface area contributed by atoms with Gasteiger partial charge >= 0.3 is 0 Å². The predicted molar refractivity (Wildman–Crippen MR) is 81.1 cm³/mol. The van der Waals surface area contributed by atoms with E-state index in [9.17, 15) is 12.8 Å². The Labute approximate surface area is 124 Å². The predicted octanol–water partition coefficient (Wildman–Crippen LogP) is 2.42. The molecule has 0 aliphatic rings. The van der Waals surface area contributed by atoms with Gasteiger partial charge in [-0.2, -0.15) is 0 Å². The van der Waals surface area contributed by atoms with Gasteiger partial charge in [-0.3, -0.25) is 4.31 Å². The van der Waals surface area contributed by atoms with E-state index >= 15 is 0 Å². The maximum Gasteiger partial charge on any atom is 0.264 e. The average molecular weight is 308 g/mol. The maximum absolute atomic E-state index is 13.0. The van der Waals surface area contributed by atoms with Gasteiger partial charge in [0.25, 0.3) is 10.0 Å². The molecule has 0 amide bonds. The highest BCUT2D eigenvalue weighted by molar-refractivity contribution is 7.92. The zero-order chi connectivity index (χ0) is 15.6. The molecule has 2 aromatic rings. The molecule has 4 nitrogen and oxygen atoms in total. The second-order valence-corrected chi connectivity index (χ2v) is 6.69. The van der Waals surface area contributed by atoms with Gasteiger partial charge in [-0.15, -0.1) is 0 Å². The van der Waals surface area contributed by atoms with Crippen molar-refractivity contribution in [1.29, 1.82) is 0 Å². The number of anilines is 1. The normalized spacial score (nSPS) is 11.4. The molecule has 0 fully saturated rings. The molecule has 2 rings (SSSR count). The minimum absolute atomic E-state index is 0.206. The van der Waals surface area contributed by atoms with Crippen LogP contribution in [-0.2, 0) is 16.6 Å². The summed E-state index contributed by atoms with van der Waals surface area (Å²) < 4.78 is 39.5. The van der Waals surface area contributed by atoms with Gasteiger partial charge in [0.2, 0.25) is 0 Å². The fourth-order valence-electron chi connectivity index (χ4n) is 1.99. The third-order valence-corrected chi connectivity index (χ3v) is 5.24. The zero-order valence-corrected chi connectivity index (χ0v) is 12.7. The highest BCUT2D eigenvalue weighted by atomic mass is 32.2. The topological polar surface area (TPSA) is 63.4 Å². The van der Waals surface area contributed by atoms with E-state index in [0.717, 1.165) is 9.87 Å². The van der Waals surface area contributed by atoms with Crippen LogP contribution in [-0.4, -0.2) is 15.5 Å². The van der Waals surface area contributed by atoms with E-state index in [1.54, 1.807) is 25.1 Å². The fraction of sp³-hybridized carbons (Fsp3) is 0.200. The Hall–Kier alpha value is -1.92. The molecule has 6 heteroatoms. The molecule has 0 spiro atoms. The number of nitrogens with two attached hydrogens (primary N) is 1. The number of hydrogen-bond acceptors (Lipinski definition) is 3. The van der Waals surface area contributed by atoms with Gasteiger partial charge in [0.1, 0.15) is 5.82 Å².